The number of H-pyrrole nitrogens is 1. The molecule has 2 heterocycles. The van der Waals surface area contributed by atoms with E-state index in [0.717, 1.165) is 12.2 Å². The monoisotopic (exact) mass is 287 g/mol. The van der Waals surface area contributed by atoms with Crippen LogP contribution in [0, 0.1) is 0 Å². The van der Waals surface area contributed by atoms with Gasteiger partial charge in [0.25, 0.3) is 0 Å². The molecule has 20 heavy (non-hydrogen) atoms. The third-order valence-electron chi connectivity index (χ3n) is 3.38. The number of nitrogens with one attached hydrogen (secondary N) is 2. The first kappa shape index (κ1) is 11.7. The molecule has 1 aliphatic carbocycles. The van der Waals surface area contributed by atoms with Crippen molar-refractivity contribution in [3.05, 3.63) is 44.8 Å². The summed E-state index contributed by atoms with van der Waals surface area (Å²) < 4.78 is 4.98. The second-order valence-electron chi connectivity index (χ2n) is 5.02. The Bertz CT molecular complexity index is 813. The van der Waals surface area contributed by atoms with Crippen LogP contribution >= 0.6 is 11.3 Å². The number of anilines is 1. The van der Waals surface area contributed by atoms with E-state index in [1.165, 1.54) is 22.7 Å². The van der Waals surface area contributed by atoms with Gasteiger partial charge in [0, 0.05) is 22.7 Å². The zero-order valence-corrected chi connectivity index (χ0v) is 11.5. The highest BCUT2D eigenvalue weighted by atomic mass is 32.1. The number of fused-ring (bicyclic) bond motifs is 1. The first-order valence-corrected chi connectivity index (χ1v) is 7.41. The number of nitrogens with zero attached hydrogens (tertiary/aromatic N) is 1. The summed E-state index contributed by atoms with van der Waals surface area (Å²) in [5.41, 5.74) is 2.24. The van der Waals surface area contributed by atoms with Crippen LogP contribution in [0.1, 0.15) is 28.6 Å². The van der Waals surface area contributed by atoms with Crippen molar-refractivity contribution in [3.63, 3.8) is 0 Å². The normalized spacial score (nSPS) is 14.8. The molecule has 0 amide bonds. The molecule has 1 aliphatic rings. The zero-order valence-electron chi connectivity index (χ0n) is 10.7. The maximum atomic E-state index is 11.1. The molecule has 1 saturated carbocycles. The molecule has 0 spiro atoms. The largest absolute Gasteiger partial charge is 0.417 e. The summed E-state index contributed by atoms with van der Waals surface area (Å²) in [6, 6.07) is 5.57. The average molecular weight is 287 g/mol. The van der Waals surface area contributed by atoms with E-state index in [2.05, 4.69) is 15.3 Å². The number of benzene rings is 1. The highest BCUT2D eigenvalue weighted by Crippen LogP contribution is 2.41. The van der Waals surface area contributed by atoms with Crippen molar-refractivity contribution in [1.29, 1.82) is 0 Å². The van der Waals surface area contributed by atoms with E-state index < -0.39 is 5.76 Å². The van der Waals surface area contributed by atoms with Gasteiger partial charge in [-0.15, -0.1) is 11.3 Å². The number of hydrogen-bond acceptors (Lipinski definition) is 5. The van der Waals surface area contributed by atoms with Gasteiger partial charge < -0.3 is 9.73 Å². The van der Waals surface area contributed by atoms with E-state index in [0.29, 0.717) is 17.0 Å². The van der Waals surface area contributed by atoms with Crippen LogP contribution in [0.25, 0.3) is 11.1 Å². The fourth-order valence-corrected chi connectivity index (χ4v) is 3.20. The van der Waals surface area contributed by atoms with Crippen molar-refractivity contribution >= 4 is 28.1 Å². The van der Waals surface area contributed by atoms with Gasteiger partial charge in [0.1, 0.15) is 0 Å². The van der Waals surface area contributed by atoms with Crippen LogP contribution in [0.3, 0.4) is 0 Å². The molecule has 0 unspecified atom stereocenters. The summed E-state index contributed by atoms with van der Waals surface area (Å²) in [5.74, 6) is 0.287. The van der Waals surface area contributed by atoms with Gasteiger partial charge in [-0.1, -0.05) is 0 Å². The van der Waals surface area contributed by atoms with Crippen LogP contribution in [-0.4, -0.2) is 9.97 Å². The first-order valence-electron chi connectivity index (χ1n) is 6.59. The smallest absolute Gasteiger partial charge is 0.408 e. The van der Waals surface area contributed by atoms with Crippen LogP contribution in [0.4, 0.5) is 5.69 Å². The van der Waals surface area contributed by atoms with Crippen LogP contribution < -0.4 is 11.1 Å². The maximum Gasteiger partial charge on any atom is 0.417 e. The standard InChI is InChI=1S/C14H13N3O2S/c18-14-17-11-5-9(3-4-12(11)19-14)15-6-10-7-16-13(20-10)8-1-2-8/h3-5,7-8,15H,1-2,6H2,(H,17,18). The number of thiazole rings is 1. The second-order valence-corrected chi connectivity index (χ2v) is 6.16. The number of aromatic amines is 1. The highest BCUT2D eigenvalue weighted by molar-refractivity contribution is 7.11. The zero-order chi connectivity index (χ0) is 13.5. The summed E-state index contributed by atoms with van der Waals surface area (Å²) in [6.45, 7) is 0.748. The lowest BCUT2D eigenvalue weighted by Gasteiger charge is -2.03. The minimum Gasteiger partial charge on any atom is -0.408 e. The molecule has 6 heteroatoms. The van der Waals surface area contributed by atoms with E-state index in [4.69, 9.17) is 4.42 Å². The minimum absolute atomic E-state index is 0.423. The molecule has 0 atom stereocenters. The molecule has 3 aromatic rings. The van der Waals surface area contributed by atoms with Crippen molar-refractivity contribution < 1.29 is 4.42 Å². The van der Waals surface area contributed by atoms with E-state index in [1.807, 2.05) is 18.3 Å². The Kier molecular flexibility index (Phi) is 2.63. The maximum absolute atomic E-state index is 11.1. The molecule has 0 saturated heterocycles. The van der Waals surface area contributed by atoms with Gasteiger partial charge in [0.2, 0.25) is 0 Å². The van der Waals surface area contributed by atoms with Crippen molar-refractivity contribution in [1.82, 2.24) is 9.97 Å². The van der Waals surface area contributed by atoms with Gasteiger partial charge in [-0.3, -0.25) is 4.98 Å². The average Bonchev–Trinajstić information content (AvgIpc) is 3.06. The summed E-state index contributed by atoms with van der Waals surface area (Å²) in [7, 11) is 0. The second kappa shape index (κ2) is 4.49. The van der Waals surface area contributed by atoms with Gasteiger partial charge in [-0.25, -0.2) is 9.78 Å². The van der Waals surface area contributed by atoms with E-state index in [-0.39, 0.29) is 0 Å². The Hall–Kier alpha value is -2.08. The highest BCUT2D eigenvalue weighted by Gasteiger charge is 2.26. The van der Waals surface area contributed by atoms with Gasteiger partial charge in [-0.05, 0) is 31.0 Å². The van der Waals surface area contributed by atoms with Crippen LogP contribution in [-0.2, 0) is 6.54 Å². The lowest BCUT2D eigenvalue weighted by Crippen LogP contribution is -1.97. The van der Waals surface area contributed by atoms with Crippen molar-refractivity contribution in [3.8, 4) is 0 Å². The Balaban J connectivity index is 1.49. The predicted octanol–water partition coefficient (Wildman–Crippen LogP) is 3.07. The quantitative estimate of drug-likeness (QED) is 0.773. The van der Waals surface area contributed by atoms with Crippen molar-refractivity contribution in [2.75, 3.05) is 5.32 Å². The summed E-state index contributed by atoms with van der Waals surface area (Å²) in [6.07, 6.45) is 4.51. The number of aromatic nitrogens is 2. The van der Waals surface area contributed by atoms with Gasteiger partial charge in [0.15, 0.2) is 5.58 Å². The SMILES string of the molecule is O=c1[nH]c2cc(NCc3cnc(C4CC4)s3)ccc2o1. The third-order valence-corrected chi connectivity index (χ3v) is 4.54. The van der Waals surface area contributed by atoms with Crippen LogP contribution in [0.5, 0.6) is 0 Å². The van der Waals surface area contributed by atoms with Crippen molar-refractivity contribution in [2.45, 2.75) is 25.3 Å². The minimum atomic E-state index is -0.423. The van der Waals surface area contributed by atoms with Crippen LogP contribution in [0.15, 0.2) is 33.6 Å². The number of rotatable bonds is 4. The number of hydrogen-bond donors (Lipinski definition) is 2. The Morgan fingerprint density at radius 2 is 2.35 bits per heavy atom. The van der Waals surface area contributed by atoms with Gasteiger partial charge in [0.05, 0.1) is 17.1 Å². The lowest BCUT2D eigenvalue weighted by molar-refractivity contribution is 0.555. The molecule has 4 rings (SSSR count). The Morgan fingerprint density at radius 1 is 1.45 bits per heavy atom. The Labute approximate surface area is 118 Å². The van der Waals surface area contributed by atoms with E-state index in [9.17, 15) is 4.79 Å². The van der Waals surface area contributed by atoms with E-state index in [1.54, 1.807) is 17.4 Å². The number of oxazole rings is 1. The predicted molar refractivity (Wildman–Crippen MR) is 78.3 cm³/mol. The topological polar surface area (TPSA) is 70.9 Å². The summed E-state index contributed by atoms with van der Waals surface area (Å²) >= 11 is 1.78. The first-order chi connectivity index (χ1) is 9.78. The molecule has 2 N–H and O–H groups in total. The summed E-state index contributed by atoms with van der Waals surface area (Å²) in [5, 5.41) is 4.60. The molecule has 0 aliphatic heterocycles. The van der Waals surface area contributed by atoms with Gasteiger partial charge in [-0.2, -0.15) is 0 Å². The molecule has 1 fully saturated rings. The molecule has 5 nitrogen and oxygen atoms in total. The van der Waals surface area contributed by atoms with Crippen molar-refractivity contribution in [2.24, 2.45) is 0 Å². The van der Waals surface area contributed by atoms with Crippen LogP contribution in [0.2, 0.25) is 0 Å². The molecule has 2 aromatic heterocycles. The lowest BCUT2D eigenvalue weighted by atomic mass is 10.3. The van der Waals surface area contributed by atoms with Gasteiger partial charge >= 0.3 is 5.76 Å². The molecular weight excluding hydrogens is 274 g/mol. The Morgan fingerprint density at radius 3 is 3.20 bits per heavy atom. The molecule has 0 radical (unpaired) electrons. The molecule has 0 bridgehead atoms. The fourth-order valence-electron chi connectivity index (χ4n) is 2.17. The third kappa shape index (κ3) is 2.22. The summed E-state index contributed by atoms with van der Waals surface area (Å²) in [4.78, 5) is 19.4. The fraction of sp³-hybridized carbons (Fsp3) is 0.286. The molecule has 1 aromatic carbocycles. The molecular formula is C14H13N3O2S. The van der Waals surface area contributed by atoms with E-state index >= 15 is 0 Å². The molecule has 102 valence electrons.